The number of nitrogens with zero attached hydrogens (tertiary/aromatic N) is 4. The molecule has 0 aliphatic carbocycles. The molecule has 0 amide bonds. The second-order valence-electron chi connectivity index (χ2n) is 7.66. The molecule has 0 aliphatic heterocycles. The SMILES string of the molecule is CCOc1ccc(N(CC(C)C)S(=O)(=O)c2ccc(OCc3c(C)noc3C)cc2)nn1. The first-order valence-electron chi connectivity index (χ1n) is 10.4. The maximum atomic E-state index is 13.4. The highest BCUT2D eigenvalue weighted by atomic mass is 32.2. The molecule has 172 valence electrons. The quantitative estimate of drug-likeness (QED) is 0.448. The van der Waals surface area contributed by atoms with Gasteiger partial charge in [-0.25, -0.2) is 12.7 Å². The van der Waals surface area contributed by atoms with Crippen LogP contribution in [0.4, 0.5) is 5.82 Å². The van der Waals surface area contributed by atoms with Gasteiger partial charge >= 0.3 is 0 Å². The van der Waals surface area contributed by atoms with Crippen LogP contribution in [-0.2, 0) is 16.6 Å². The van der Waals surface area contributed by atoms with Crippen molar-refractivity contribution in [3.8, 4) is 11.6 Å². The first kappa shape index (κ1) is 23.5. The highest BCUT2D eigenvalue weighted by Crippen LogP contribution is 2.26. The highest BCUT2D eigenvalue weighted by Gasteiger charge is 2.27. The Hall–Kier alpha value is -3.14. The van der Waals surface area contributed by atoms with E-state index in [4.69, 9.17) is 14.0 Å². The molecule has 0 fully saturated rings. The highest BCUT2D eigenvalue weighted by molar-refractivity contribution is 7.92. The van der Waals surface area contributed by atoms with Gasteiger partial charge in [-0.3, -0.25) is 0 Å². The lowest BCUT2D eigenvalue weighted by Crippen LogP contribution is -2.35. The third kappa shape index (κ3) is 5.37. The molecule has 0 unspecified atom stereocenters. The minimum atomic E-state index is -3.85. The molecule has 0 N–H and O–H groups in total. The van der Waals surface area contributed by atoms with Gasteiger partial charge in [0.2, 0.25) is 5.88 Å². The Labute approximate surface area is 188 Å². The first-order valence-corrected chi connectivity index (χ1v) is 11.8. The van der Waals surface area contributed by atoms with Crippen molar-refractivity contribution in [1.29, 1.82) is 0 Å². The largest absolute Gasteiger partial charge is 0.489 e. The molecule has 10 heteroatoms. The fourth-order valence-electron chi connectivity index (χ4n) is 3.02. The van der Waals surface area contributed by atoms with Gasteiger partial charge < -0.3 is 14.0 Å². The molecule has 1 aromatic carbocycles. The van der Waals surface area contributed by atoms with E-state index in [0.29, 0.717) is 24.0 Å². The average molecular weight is 461 g/mol. The fourth-order valence-corrected chi connectivity index (χ4v) is 4.59. The summed E-state index contributed by atoms with van der Waals surface area (Å²) in [6.45, 7) is 10.4. The molecule has 0 aliphatic rings. The van der Waals surface area contributed by atoms with Crippen molar-refractivity contribution < 1.29 is 22.4 Å². The Morgan fingerprint density at radius 1 is 1.03 bits per heavy atom. The van der Waals surface area contributed by atoms with Crippen LogP contribution in [0.2, 0.25) is 0 Å². The van der Waals surface area contributed by atoms with Gasteiger partial charge in [0.15, 0.2) is 5.82 Å². The molecule has 0 saturated heterocycles. The van der Waals surface area contributed by atoms with E-state index in [9.17, 15) is 8.42 Å². The number of benzene rings is 1. The van der Waals surface area contributed by atoms with E-state index in [1.54, 1.807) is 24.3 Å². The van der Waals surface area contributed by atoms with E-state index in [1.165, 1.54) is 16.4 Å². The molecular weight excluding hydrogens is 432 g/mol. The van der Waals surface area contributed by atoms with Crippen LogP contribution in [0.1, 0.15) is 37.8 Å². The normalized spacial score (nSPS) is 11.6. The van der Waals surface area contributed by atoms with Gasteiger partial charge in [-0.1, -0.05) is 19.0 Å². The average Bonchev–Trinajstić information content (AvgIpc) is 3.09. The number of aryl methyl sites for hydroxylation is 2. The minimum Gasteiger partial charge on any atom is -0.489 e. The van der Waals surface area contributed by atoms with Gasteiger partial charge in [0.1, 0.15) is 18.1 Å². The van der Waals surface area contributed by atoms with E-state index >= 15 is 0 Å². The monoisotopic (exact) mass is 460 g/mol. The van der Waals surface area contributed by atoms with Crippen molar-refractivity contribution in [2.75, 3.05) is 17.5 Å². The maximum Gasteiger partial charge on any atom is 0.265 e. The number of ether oxygens (including phenoxy) is 2. The molecule has 0 saturated carbocycles. The molecule has 2 aromatic heterocycles. The van der Waals surface area contributed by atoms with Gasteiger partial charge in [0, 0.05) is 12.6 Å². The van der Waals surface area contributed by atoms with Crippen molar-refractivity contribution in [2.45, 2.75) is 46.1 Å². The summed E-state index contributed by atoms with van der Waals surface area (Å²) in [6.07, 6.45) is 0. The van der Waals surface area contributed by atoms with Gasteiger partial charge in [-0.05, 0) is 57.0 Å². The van der Waals surface area contributed by atoms with Crippen molar-refractivity contribution in [1.82, 2.24) is 15.4 Å². The molecule has 0 bridgehead atoms. The van der Waals surface area contributed by atoms with Crippen molar-refractivity contribution in [3.63, 3.8) is 0 Å². The van der Waals surface area contributed by atoms with Crippen LogP contribution in [-0.4, -0.2) is 36.9 Å². The number of sulfonamides is 1. The summed E-state index contributed by atoms with van der Waals surface area (Å²) < 4.78 is 44.3. The standard InChI is InChI=1S/C22H28N4O5S/c1-6-29-22-12-11-21(23-24-22)26(13-15(2)3)32(27,28)19-9-7-18(8-10-19)30-14-20-16(4)25-31-17(20)5/h7-12,15H,6,13-14H2,1-5H3. The van der Waals surface area contributed by atoms with Crippen LogP contribution >= 0.6 is 0 Å². The molecule has 3 aromatic rings. The Morgan fingerprint density at radius 2 is 1.75 bits per heavy atom. The van der Waals surface area contributed by atoms with Gasteiger partial charge in [0.25, 0.3) is 10.0 Å². The maximum absolute atomic E-state index is 13.4. The van der Waals surface area contributed by atoms with Crippen LogP contribution in [0.5, 0.6) is 11.6 Å². The lowest BCUT2D eigenvalue weighted by Gasteiger charge is -2.25. The zero-order chi connectivity index (χ0) is 23.3. The zero-order valence-electron chi connectivity index (χ0n) is 18.9. The topological polar surface area (TPSA) is 108 Å². The Balaban J connectivity index is 1.81. The molecule has 0 spiro atoms. The molecular formula is C22H28N4O5S. The Morgan fingerprint density at radius 3 is 2.28 bits per heavy atom. The summed E-state index contributed by atoms with van der Waals surface area (Å²) in [6, 6.07) is 9.50. The number of hydrogen-bond acceptors (Lipinski definition) is 8. The van der Waals surface area contributed by atoms with Gasteiger partial charge in [-0.15, -0.1) is 10.2 Å². The first-order chi connectivity index (χ1) is 15.2. The number of rotatable bonds is 10. The van der Waals surface area contributed by atoms with E-state index in [1.807, 2.05) is 34.6 Å². The second kappa shape index (κ2) is 9.99. The molecule has 3 rings (SSSR count). The predicted molar refractivity (Wildman–Crippen MR) is 119 cm³/mol. The van der Waals surface area contributed by atoms with Crippen LogP contribution < -0.4 is 13.8 Å². The molecule has 0 radical (unpaired) electrons. The summed E-state index contributed by atoms with van der Waals surface area (Å²) >= 11 is 0. The summed E-state index contributed by atoms with van der Waals surface area (Å²) in [5.41, 5.74) is 1.64. The lowest BCUT2D eigenvalue weighted by atomic mass is 10.2. The number of anilines is 1. The number of aromatic nitrogens is 3. The van der Waals surface area contributed by atoms with E-state index in [0.717, 1.165) is 11.3 Å². The summed E-state index contributed by atoms with van der Waals surface area (Å²) in [5.74, 6) is 1.90. The smallest absolute Gasteiger partial charge is 0.265 e. The fraction of sp³-hybridized carbons (Fsp3) is 0.409. The number of hydrogen-bond donors (Lipinski definition) is 0. The zero-order valence-corrected chi connectivity index (χ0v) is 19.7. The van der Waals surface area contributed by atoms with Crippen LogP contribution in [0.3, 0.4) is 0 Å². The van der Waals surface area contributed by atoms with E-state index in [-0.39, 0.29) is 29.8 Å². The second-order valence-corrected chi connectivity index (χ2v) is 9.52. The van der Waals surface area contributed by atoms with Crippen LogP contribution in [0.25, 0.3) is 0 Å². The third-order valence-electron chi connectivity index (χ3n) is 4.68. The van der Waals surface area contributed by atoms with Gasteiger partial charge in [0.05, 0.1) is 22.8 Å². The summed E-state index contributed by atoms with van der Waals surface area (Å²) in [4.78, 5) is 0.138. The minimum absolute atomic E-state index is 0.0794. The van der Waals surface area contributed by atoms with Crippen molar-refractivity contribution in [2.24, 2.45) is 5.92 Å². The Bertz CT molecular complexity index is 1110. The van der Waals surface area contributed by atoms with Crippen molar-refractivity contribution >= 4 is 15.8 Å². The van der Waals surface area contributed by atoms with E-state index < -0.39 is 10.0 Å². The molecule has 32 heavy (non-hydrogen) atoms. The van der Waals surface area contributed by atoms with Crippen LogP contribution in [0.15, 0.2) is 45.8 Å². The third-order valence-corrected chi connectivity index (χ3v) is 6.47. The summed E-state index contributed by atoms with van der Waals surface area (Å²) in [7, 11) is -3.85. The Kier molecular flexibility index (Phi) is 7.34. The van der Waals surface area contributed by atoms with E-state index in [2.05, 4.69) is 15.4 Å². The van der Waals surface area contributed by atoms with Crippen molar-refractivity contribution in [3.05, 3.63) is 53.4 Å². The molecule has 9 nitrogen and oxygen atoms in total. The molecule has 2 heterocycles. The van der Waals surface area contributed by atoms with Gasteiger partial charge in [-0.2, -0.15) is 0 Å². The predicted octanol–water partition coefficient (Wildman–Crippen LogP) is 3.91. The lowest BCUT2D eigenvalue weighted by molar-refractivity contribution is 0.301. The summed E-state index contributed by atoms with van der Waals surface area (Å²) in [5, 5.41) is 11.9. The van der Waals surface area contributed by atoms with Crippen LogP contribution in [0, 0.1) is 19.8 Å². The molecule has 0 atom stereocenters.